The van der Waals surface area contributed by atoms with Crippen molar-refractivity contribution < 1.29 is 31.6 Å². The van der Waals surface area contributed by atoms with Gasteiger partial charge in [-0.15, -0.1) is 0 Å². The van der Waals surface area contributed by atoms with E-state index in [0.29, 0.717) is 0 Å². The van der Waals surface area contributed by atoms with Gasteiger partial charge in [0, 0.05) is 20.3 Å². The average Bonchev–Trinajstić information content (AvgIpc) is 2.17. The number of rotatable bonds is 8. The number of hydrogen-bond acceptors (Lipinski definition) is 5. The van der Waals surface area contributed by atoms with E-state index in [1.54, 1.807) is 13.8 Å². The van der Waals surface area contributed by atoms with Crippen LogP contribution in [0.4, 0.5) is 8.78 Å². The molecule has 0 saturated heterocycles. The molecule has 0 rings (SSSR count). The molecule has 0 saturated carbocycles. The van der Waals surface area contributed by atoms with E-state index in [9.17, 15) is 13.6 Å². The third-order valence-corrected chi connectivity index (χ3v) is 4.28. The van der Waals surface area contributed by atoms with Gasteiger partial charge in [-0.3, -0.25) is 0 Å². The normalized spacial score (nSPS) is 12.6. The van der Waals surface area contributed by atoms with Gasteiger partial charge in [0.2, 0.25) is 0 Å². The van der Waals surface area contributed by atoms with Crippen molar-refractivity contribution in [2.24, 2.45) is 0 Å². The van der Waals surface area contributed by atoms with E-state index in [1.165, 1.54) is 7.11 Å². The zero-order valence-corrected chi connectivity index (χ0v) is 11.6. The van der Waals surface area contributed by atoms with Crippen molar-refractivity contribution in [2.45, 2.75) is 19.2 Å². The molecular formula is C8H15ClF2O5Si. The predicted molar refractivity (Wildman–Crippen MR) is 57.8 cm³/mol. The Bertz CT molecular complexity index is 232. The van der Waals surface area contributed by atoms with E-state index in [-0.39, 0.29) is 19.4 Å². The largest absolute Gasteiger partial charge is 0.595 e. The molecule has 0 amide bonds. The fourth-order valence-corrected chi connectivity index (χ4v) is 3.20. The summed E-state index contributed by atoms with van der Waals surface area (Å²) in [7, 11) is -2.29. The van der Waals surface area contributed by atoms with E-state index in [1.807, 2.05) is 0 Å². The Kier molecular flexibility index (Phi) is 7.10. The number of hydrogen-bond donors (Lipinski definition) is 0. The SMILES string of the molecule is CCO[Si](COC)(OCC)OC(=O)C(F)(F)Cl. The van der Waals surface area contributed by atoms with Crippen molar-refractivity contribution in [3.05, 3.63) is 0 Å². The van der Waals surface area contributed by atoms with E-state index in [2.05, 4.69) is 16.0 Å². The lowest BCUT2D eigenvalue weighted by Crippen LogP contribution is -2.53. The highest BCUT2D eigenvalue weighted by atomic mass is 35.5. The zero-order chi connectivity index (χ0) is 13.5. The van der Waals surface area contributed by atoms with Gasteiger partial charge in [0.15, 0.2) is 0 Å². The average molecular weight is 293 g/mol. The molecule has 0 spiro atoms. The molecule has 0 aromatic rings. The first-order valence-corrected chi connectivity index (χ1v) is 7.19. The summed E-state index contributed by atoms with van der Waals surface area (Å²) in [5, 5.41) is -4.11. The lowest BCUT2D eigenvalue weighted by Gasteiger charge is -2.27. The highest BCUT2D eigenvalue weighted by molar-refractivity contribution is 6.62. The minimum absolute atomic E-state index is 0.136. The lowest BCUT2D eigenvalue weighted by molar-refractivity contribution is -0.157. The van der Waals surface area contributed by atoms with Gasteiger partial charge in [-0.25, -0.2) is 4.79 Å². The molecule has 0 N–H and O–H groups in total. The van der Waals surface area contributed by atoms with Crippen LogP contribution in [0, 0.1) is 0 Å². The maximum Gasteiger partial charge on any atom is 0.595 e. The van der Waals surface area contributed by atoms with Crippen molar-refractivity contribution in [3.8, 4) is 0 Å². The molecule has 0 bridgehead atoms. The summed E-state index contributed by atoms with van der Waals surface area (Å²) < 4.78 is 44.7. The molecule has 0 aromatic heterocycles. The van der Waals surface area contributed by atoms with Crippen LogP contribution < -0.4 is 0 Å². The van der Waals surface area contributed by atoms with Crippen LogP contribution in [0.25, 0.3) is 0 Å². The number of ether oxygens (including phenoxy) is 1. The molecule has 0 aliphatic carbocycles. The molecule has 0 atom stereocenters. The molecule has 5 nitrogen and oxygen atoms in total. The first-order valence-electron chi connectivity index (χ1n) is 4.88. The van der Waals surface area contributed by atoms with E-state index in [0.717, 1.165) is 0 Å². The van der Waals surface area contributed by atoms with Crippen LogP contribution in [0.15, 0.2) is 0 Å². The number of methoxy groups -OCH3 is 1. The summed E-state index contributed by atoms with van der Waals surface area (Å²) in [6.45, 7) is 3.50. The fraction of sp³-hybridized carbons (Fsp3) is 0.875. The topological polar surface area (TPSA) is 54.0 Å². The number of halogens is 3. The number of carbonyl (C=O) groups is 1. The Morgan fingerprint density at radius 1 is 1.29 bits per heavy atom. The van der Waals surface area contributed by atoms with Crippen LogP contribution in [0.3, 0.4) is 0 Å². The molecule has 9 heteroatoms. The Labute approximate surface area is 104 Å². The predicted octanol–water partition coefficient (Wildman–Crippen LogP) is 1.56. The second kappa shape index (κ2) is 7.22. The Hall–Kier alpha value is -0.283. The molecule has 0 heterocycles. The first-order chi connectivity index (χ1) is 7.81. The van der Waals surface area contributed by atoms with Crippen LogP contribution in [0.5, 0.6) is 0 Å². The molecular weight excluding hydrogens is 278 g/mol. The highest BCUT2D eigenvalue weighted by Crippen LogP contribution is 2.23. The minimum Gasteiger partial charge on any atom is -0.467 e. The molecule has 102 valence electrons. The molecule has 0 unspecified atom stereocenters. The fourth-order valence-electron chi connectivity index (χ4n) is 1.03. The molecule has 17 heavy (non-hydrogen) atoms. The quantitative estimate of drug-likeness (QED) is 0.502. The Balaban J connectivity index is 4.82. The summed E-state index contributed by atoms with van der Waals surface area (Å²) in [6.07, 6.45) is -0.215. The zero-order valence-electron chi connectivity index (χ0n) is 9.80. The van der Waals surface area contributed by atoms with Crippen LogP contribution in [-0.2, 0) is 22.8 Å². The maximum absolute atomic E-state index is 12.5. The third kappa shape index (κ3) is 5.73. The number of carbonyl (C=O) groups excluding carboxylic acids is 1. The molecule has 0 aromatic carbocycles. The Morgan fingerprint density at radius 2 is 1.76 bits per heavy atom. The van der Waals surface area contributed by atoms with Crippen molar-refractivity contribution in [3.63, 3.8) is 0 Å². The van der Waals surface area contributed by atoms with Crippen LogP contribution >= 0.6 is 11.6 Å². The van der Waals surface area contributed by atoms with Crippen molar-refractivity contribution in [1.29, 1.82) is 0 Å². The summed E-state index contributed by atoms with van der Waals surface area (Å²) in [4.78, 5) is 11.0. The monoisotopic (exact) mass is 292 g/mol. The van der Waals surface area contributed by atoms with Gasteiger partial charge in [-0.2, -0.15) is 8.78 Å². The van der Waals surface area contributed by atoms with E-state index in [4.69, 9.17) is 13.6 Å². The van der Waals surface area contributed by atoms with Gasteiger partial charge in [-0.1, -0.05) is 0 Å². The standard InChI is InChI=1S/C8H15ClF2O5Si/c1-4-14-17(6-13-3,15-5-2)16-7(12)8(9,10)11/h4-6H2,1-3H3. The molecule has 0 radical (unpaired) electrons. The maximum atomic E-state index is 12.5. The smallest absolute Gasteiger partial charge is 0.467 e. The van der Waals surface area contributed by atoms with Gasteiger partial charge < -0.3 is 18.0 Å². The minimum atomic E-state index is -4.11. The molecule has 0 aliphatic heterocycles. The highest BCUT2D eigenvalue weighted by Gasteiger charge is 2.51. The van der Waals surface area contributed by atoms with Gasteiger partial charge in [-0.05, 0) is 25.4 Å². The summed E-state index contributed by atoms with van der Waals surface area (Å²) in [6, 6.07) is 0. The van der Waals surface area contributed by atoms with Gasteiger partial charge in [0.1, 0.15) is 6.23 Å². The van der Waals surface area contributed by atoms with Gasteiger partial charge >= 0.3 is 20.2 Å². The second-order valence-electron chi connectivity index (χ2n) is 2.87. The summed E-state index contributed by atoms with van der Waals surface area (Å²) in [5.41, 5.74) is 0. The van der Waals surface area contributed by atoms with Gasteiger partial charge in [0.05, 0.1) is 0 Å². The lowest BCUT2D eigenvalue weighted by atomic mass is 10.7. The van der Waals surface area contributed by atoms with Crippen molar-refractivity contribution in [1.82, 2.24) is 0 Å². The number of alkyl halides is 3. The third-order valence-electron chi connectivity index (χ3n) is 1.53. The molecule has 0 fully saturated rings. The van der Waals surface area contributed by atoms with Crippen molar-refractivity contribution in [2.75, 3.05) is 26.6 Å². The van der Waals surface area contributed by atoms with Crippen LogP contribution in [0.1, 0.15) is 13.8 Å². The second-order valence-corrected chi connectivity index (χ2v) is 5.78. The molecule has 0 aliphatic rings. The van der Waals surface area contributed by atoms with Gasteiger partial charge in [0.25, 0.3) is 0 Å². The van der Waals surface area contributed by atoms with E-state index >= 15 is 0 Å². The van der Waals surface area contributed by atoms with Crippen LogP contribution in [0.2, 0.25) is 0 Å². The van der Waals surface area contributed by atoms with Crippen molar-refractivity contribution >= 4 is 26.4 Å². The van der Waals surface area contributed by atoms with E-state index < -0.39 is 20.2 Å². The van der Waals surface area contributed by atoms with Crippen LogP contribution in [-0.4, -0.2) is 46.7 Å². The first kappa shape index (κ1) is 16.7. The Morgan fingerprint density at radius 3 is 2.06 bits per heavy atom. The summed E-state index contributed by atoms with van der Waals surface area (Å²) in [5.74, 6) is -1.90. The summed E-state index contributed by atoms with van der Waals surface area (Å²) >= 11 is 4.55.